The highest BCUT2D eigenvalue weighted by atomic mass is 16.2. The minimum absolute atomic E-state index is 0.161. The number of likely N-dealkylation sites (tertiary alicyclic amines) is 1. The number of carbonyl (C=O) groups is 1. The van der Waals surface area contributed by atoms with Crippen molar-refractivity contribution in [2.75, 3.05) is 19.6 Å². The second kappa shape index (κ2) is 5.38. The highest BCUT2D eigenvalue weighted by Crippen LogP contribution is 2.28. The maximum absolute atomic E-state index is 11.7. The lowest BCUT2D eigenvalue weighted by molar-refractivity contribution is 0.184. The molecule has 3 heteroatoms. The van der Waals surface area contributed by atoms with Crippen LogP contribution in [0.3, 0.4) is 0 Å². The molecule has 0 aromatic carbocycles. The second-order valence-electron chi connectivity index (χ2n) is 4.87. The molecule has 1 saturated carbocycles. The van der Waals surface area contributed by atoms with Crippen molar-refractivity contribution >= 4 is 6.03 Å². The number of urea groups is 1. The lowest BCUT2D eigenvalue weighted by atomic mass is 9.83. The Hall–Kier alpha value is -0.730. The van der Waals surface area contributed by atoms with Crippen LogP contribution in [0.25, 0.3) is 0 Å². The van der Waals surface area contributed by atoms with E-state index in [4.69, 9.17) is 0 Å². The van der Waals surface area contributed by atoms with Gasteiger partial charge in [0, 0.05) is 19.6 Å². The Balaban J connectivity index is 1.58. The van der Waals surface area contributed by atoms with Crippen LogP contribution in [0.5, 0.6) is 0 Å². The number of rotatable bonds is 3. The van der Waals surface area contributed by atoms with Gasteiger partial charge in [-0.05, 0) is 31.6 Å². The number of amides is 2. The summed E-state index contributed by atoms with van der Waals surface area (Å²) in [6, 6.07) is 0.161. The van der Waals surface area contributed by atoms with Gasteiger partial charge in [0.05, 0.1) is 0 Å². The fraction of sp³-hybridized carbons (Fsp3) is 0.917. The van der Waals surface area contributed by atoms with Gasteiger partial charge in [-0.25, -0.2) is 4.79 Å². The van der Waals surface area contributed by atoms with E-state index >= 15 is 0 Å². The number of carbonyl (C=O) groups excluding carboxylic acids is 1. The molecular weight excluding hydrogens is 188 g/mol. The normalized spacial score (nSPS) is 22.3. The van der Waals surface area contributed by atoms with Crippen molar-refractivity contribution in [3.8, 4) is 0 Å². The van der Waals surface area contributed by atoms with E-state index in [1.165, 1.54) is 44.9 Å². The fourth-order valence-electron chi connectivity index (χ4n) is 2.37. The first-order chi connectivity index (χ1) is 7.36. The molecule has 2 fully saturated rings. The molecule has 0 aromatic rings. The SMILES string of the molecule is O=C(NCCC1CCC1)N1CCCCC1. The Morgan fingerprint density at radius 2 is 1.87 bits per heavy atom. The van der Waals surface area contributed by atoms with Gasteiger partial charge in [-0.2, -0.15) is 0 Å². The molecule has 1 N–H and O–H groups in total. The maximum Gasteiger partial charge on any atom is 0.317 e. The molecule has 1 heterocycles. The second-order valence-corrected chi connectivity index (χ2v) is 4.87. The van der Waals surface area contributed by atoms with E-state index in [1.54, 1.807) is 0 Å². The third-order valence-corrected chi connectivity index (χ3v) is 3.70. The molecule has 15 heavy (non-hydrogen) atoms. The summed E-state index contributed by atoms with van der Waals surface area (Å²) >= 11 is 0. The number of nitrogens with one attached hydrogen (secondary N) is 1. The summed E-state index contributed by atoms with van der Waals surface area (Å²) in [5.74, 6) is 0.895. The van der Waals surface area contributed by atoms with Crippen LogP contribution in [-0.4, -0.2) is 30.6 Å². The largest absolute Gasteiger partial charge is 0.338 e. The van der Waals surface area contributed by atoms with Gasteiger partial charge in [-0.3, -0.25) is 0 Å². The predicted molar refractivity (Wildman–Crippen MR) is 60.8 cm³/mol. The highest BCUT2D eigenvalue weighted by Gasteiger charge is 2.19. The summed E-state index contributed by atoms with van der Waals surface area (Å²) in [7, 11) is 0. The van der Waals surface area contributed by atoms with Crippen molar-refractivity contribution in [1.29, 1.82) is 0 Å². The molecule has 0 spiro atoms. The van der Waals surface area contributed by atoms with Gasteiger partial charge in [0.15, 0.2) is 0 Å². The summed E-state index contributed by atoms with van der Waals surface area (Å²) in [6.07, 6.45) is 8.96. The van der Waals surface area contributed by atoms with Crippen LogP contribution in [0.2, 0.25) is 0 Å². The van der Waals surface area contributed by atoms with E-state index in [1.807, 2.05) is 4.90 Å². The first-order valence-electron chi connectivity index (χ1n) is 6.39. The third kappa shape index (κ3) is 3.11. The third-order valence-electron chi connectivity index (χ3n) is 3.70. The molecule has 1 aliphatic carbocycles. The van der Waals surface area contributed by atoms with E-state index in [2.05, 4.69) is 5.32 Å². The lowest BCUT2D eigenvalue weighted by Crippen LogP contribution is -2.43. The molecule has 2 rings (SSSR count). The Bertz CT molecular complexity index is 208. The monoisotopic (exact) mass is 210 g/mol. The summed E-state index contributed by atoms with van der Waals surface area (Å²) in [5.41, 5.74) is 0. The van der Waals surface area contributed by atoms with Gasteiger partial charge >= 0.3 is 6.03 Å². The smallest absolute Gasteiger partial charge is 0.317 e. The highest BCUT2D eigenvalue weighted by molar-refractivity contribution is 5.74. The Morgan fingerprint density at radius 1 is 1.13 bits per heavy atom. The van der Waals surface area contributed by atoms with E-state index in [0.29, 0.717) is 0 Å². The van der Waals surface area contributed by atoms with Crippen LogP contribution < -0.4 is 5.32 Å². The van der Waals surface area contributed by atoms with Crippen molar-refractivity contribution in [2.45, 2.75) is 44.9 Å². The summed E-state index contributed by atoms with van der Waals surface area (Å²) < 4.78 is 0. The van der Waals surface area contributed by atoms with Crippen molar-refractivity contribution in [3.05, 3.63) is 0 Å². The van der Waals surface area contributed by atoms with E-state index in [9.17, 15) is 4.79 Å². The molecule has 0 bridgehead atoms. The number of piperidine rings is 1. The predicted octanol–water partition coefficient (Wildman–Crippen LogP) is 2.37. The number of hydrogen-bond donors (Lipinski definition) is 1. The molecular formula is C12H22N2O. The van der Waals surface area contributed by atoms with Crippen LogP contribution in [0.15, 0.2) is 0 Å². The van der Waals surface area contributed by atoms with E-state index in [-0.39, 0.29) is 6.03 Å². The Kier molecular flexibility index (Phi) is 3.87. The van der Waals surface area contributed by atoms with Gasteiger partial charge in [-0.1, -0.05) is 19.3 Å². The summed E-state index contributed by atoms with van der Waals surface area (Å²) in [6.45, 7) is 2.78. The van der Waals surface area contributed by atoms with Gasteiger partial charge < -0.3 is 10.2 Å². The van der Waals surface area contributed by atoms with Crippen LogP contribution >= 0.6 is 0 Å². The van der Waals surface area contributed by atoms with Crippen LogP contribution in [0.4, 0.5) is 4.79 Å². The molecule has 2 aliphatic rings. The zero-order valence-corrected chi connectivity index (χ0v) is 9.50. The average molecular weight is 210 g/mol. The molecule has 0 unspecified atom stereocenters. The summed E-state index contributed by atoms with van der Waals surface area (Å²) in [4.78, 5) is 13.7. The molecule has 3 nitrogen and oxygen atoms in total. The quantitative estimate of drug-likeness (QED) is 0.762. The zero-order chi connectivity index (χ0) is 10.5. The molecule has 0 radical (unpaired) electrons. The van der Waals surface area contributed by atoms with Crippen molar-refractivity contribution in [3.63, 3.8) is 0 Å². The molecule has 1 aliphatic heterocycles. The van der Waals surface area contributed by atoms with Crippen LogP contribution in [0.1, 0.15) is 44.9 Å². The molecule has 86 valence electrons. The molecule has 2 amide bonds. The maximum atomic E-state index is 11.7. The fourth-order valence-corrected chi connectivity index (χ4v) is 2.37. The topological polar surface area (TPSA) is 32.3 Å². The van der Waals surface area contributed by atoms with E-state index < -0.39 is 0 Å². The lowest BCUT2D eigenvalue weighted by Gasteiger charge is -2.28. The van der Waals surface area contributed by atoms with Crippen LogP contribution in [-0.2, 0) is 0 Å². The van der Waals surface area contributed by atoms with Gasteiger partial charge in [0.25, 0.3) is 0 Å². The van der Waals surface area contributed by atoms with Gasteiger partial charge in [0.2, 0.25) is 0 Å². The Morgan fingerprint density at radius 3 is 2.47 bits per heavy atom. The zero-order valence-electron chi connectivity index (χ0n) is 9.50. The molecule has 0 aromatic heterocycles. The Labute approximate surface area is 92.2 Å². The van der Waals surface area contributed by atoms with Gasteiger partial charge in [-0.15, -0.1) is 0 Å². The van der Waals surface area contributed by atoms with E-state index in [0.717, 1.165) is 25.6 Å². The standard InChI is InChI=1S/C12H22N2O/c15-12(14-9-2-1-3-10-14)13-8-7-11-5-4-6-11/h11H,1-10H2,(H,13,15). The summed E-state index contributed by atoms with van der Waals surface area (Å²) in [5, 5.41) is 3.04. The molecule has 1 saturated heterocycles. The minimum Gasteiger partial charge on any atom is -0.338 e. The van der Waals surface area contributed by atoms with Crippen molar-refractivity contribution in [2.24, 2.45) is 5.92 Å². The molecule has 0 atom stereocenters. The average Bonchev–Trinajstić information content (AvgIpc) is 2.23. The van der Waals surface area contributed by atoms with Crippen LogP contribution in [0, 0.1) is 5.92 Å². The first-order valence-corrected chi connectivity index (χ1v) is 6.39. The van der Waals surface area contributed by atoms with Gasteiger partial charge in [0.1, 0.15) is 0 Å². The minimum atomic E-state index is 0.161. The number of hydrogen-bond acceptors (Lipinski definition) is 1. The first kappa shape index (κ1) is 10.8. The van der Waals surface area contributed by atoms with Crippen molar-refractivity contribution < 1.29 is 4.79 Å². The van der Waals surface area contributed by atoms with Crippen molar-refractivity contribution in [1.82, 2.24) is 10.2 Å². The number of nitrogens with zero attached hydrogens (tertiary/aromatic N) is 1.